The molecule has 33 heavy (non-hydrogen) atoms. The summed E-state index contributed by atoms with van der Waals surface area (Å²) >= 11 is 17.8. The molecule has 1 aromatic carbocycles. The number of nitriles is 1. The maximum Gasteiger partial charge on any atom is 0.435 e. The number of rotatable bonds is 4. The topological polar surface area (TPSA) is 87.4 Å². The largest absolute Gasteiger partial charge is 0.435 e. The quantitative estimate of drug-likeness (QED) is 0.526. The second-order valence-electron chi connectivity index (χ2n) is 7.92. The Hall–Kier alpha value is -2.54. The van der Waals surface area contributed by atoms with E-state index in [4.69, 9.17) is 44.9 Å². The summed E-state index contributed by atoms with van der Waals surface area (Å²) in [6.45, 7) is 1.59. The highest BCUT2D eigenvalue weighted by Crippen LogP contribution is 2.50. The number of carbonyl (C=O) groups excluding carboxylic acids is 1. The van der Waals surface area contributed by atoms with Gasteiger partial charge in [-0.2, -0.15) is 18.4 Å². The number of amides is 1. The second-order valence-corrected chi connectivity index (χ2v) is 9.11. The van der Waals surface area contributed by atoms with Gasteiger partial charge in [-0.05, 0) is 43.5 Å². The van der Waals surface area contributed by atoms with E-state index in [0.717, 1.165) is 12.1 Å². The van der Waals surface area contributed by atoms with Crippen LogP contribution in [-0.2, 0) is 10.4 Å². The number of pyridine rings is 1. The van der Waals surface area contributed by atoms with Crippen molar-refractivity contribution in [2.45, 2.75) is 43.5 Å². The molecular formula is C21H14Cl3F3N4O2. The van der Waals surface area contributed by atoms with Crippen molar-refractivity contribution in [3.8, 4) is 6.07 Å². The zero-order valence-corrected chi connectivity index (χ0v) is 19.1. The standard InChI is InChI=1S/C21H14Cl3F3N4O2/c1-10-4-11(8-29-17(10)18(32)30-19(9-28)2-3-19)15-7-20(33-31-15,21(25,26)27)12-5-13(22)16(24)14(23)6-12/h4-6,8H,2-3,7H2,1H3,(H,30,32). The molecule has 1 amide bonds. The van der Waals surface area contributed by atoms with Crippen LogP contribution in [0.15, 0.2) is 29.6 Å². The Morgan fingerprint density at radius 2 is 1.85 bits per heavy atom. The zero-order valence-electron chi connectivity index (χ0n) is 16.9. The molecule has 2 aromatic rings. The van der Waals surface area contributed by atoms with Gasteiger partial charge in [0, 0.05) is 17.3 Å². The number of oxime groups is 1. The highest BCUT2D eigenvalue weighted by Gasteiger charge is 2.62. The van der Waals surface area contributed by atoms with Gasteiger partial charge < -0.3 is 10.2 Å². The van der Waals surface area contributed by atoms with Crippen LogP contribution in [0.5, 0.6) is 0 Å². The molecule has 0 bridgehead atoms. The summed E-state index contributed by atoms with van der Waals surface area (Å²) in [5.41, 5.74) is -3.34. The summed E-state index contributed by atoms with van der Waals surface area (Å²) in [4.78, 5) is 21.5. The van der Waals surface area contributed by atoms with E-state index in [2.05, 4.69) is 15.5 Å². The van der Waals surface area contributed by atoms with Crippen LogP contribution in [0.25, 0.3) is 0 Å². The summed E-state index contributed by atoms with van der Waals surface area (Å²) < 4.78 is 42.6. The molecule has 4 rings (SSSR count). The highest BCUT2D eigenvalue weighted by molar-refractivity contribution is 6.48. The minimum atomic E-state index is -4.86. The lowest BCUT2D eigenvalue weighted by Crippen LogP contribution is -2.42. The van der Waals surface area contributed by atoms with E-state index in [-0.39, 0.29) is 37.6 Å². The normalized spacial score (nSPS) is 21.1. The van der Waals surface area contributed by atoms with Gasteiger partial charge in [0.2, 0.25) is 0 Å². The van der Waals surface area contributed by atoms with Gasteiger partial charge in [0.25, 0.3) is 11.5 Å². The Bertz CT molecular complexity index is 1220. The van der Waals surface area contributed by atoms with Gasteiger partial charge in [-0.25, -0.2) is 0 Å². The average Bonchev–Trinajstić information content (AvgIpc) is 3.35. The number of benzene rings is 1. The minimum Gasteiger partial charge on any atom is -0.374 e. The summed E-state index contributed by atoms with van der Waals surface area (Å²) in [5.74, 6) is -0.530. The van der Waals surface area contributed by atoms with Crippen LogP contribution in [0.2, 0.25) is 15.1 Å². The number of carbonyl (C=O) groups is 1. The van der Waals surface area contributed by atoms with E-state index in [0.29, 0.717) is 18.4 Å². The summed E-state index contributed by atoms with van der Waals surface area (Å²) in [6.07, 6.45) is -3.19. The SMILES string of the molecule is Cc1cc(C2=NOC(c3cc(Cl)c(Cl)c(Cl)c3)(C(F)(F)F)C2)cnc1C(=O)NC1(C#N)CC1. The van der Waals surface area contributed by atoms with E-state index in [9.17, 15) is 18.0 Å². The van der Waals surface area contributed by atoms with E-state index >= 15 is 0 Å². The van der Waals surface area contributed by atoms with Gasteiger partial charge in [-0.15, -0.1) is 0 Å². The van der Waals surface area contributed by atoms with Gasteiger partial charge >= 0.3 is 6.18 Å². The van der Waals surface area contributed by atoms with E-state index in [1.807, 2.05) is 6.07 Å². The maximum absolute atomic E-state index is 14.2. The molecule has 1 fully saturated rings. The van der Waals surface area contributed by atoms with Crippen molar-refractivity contribution in [1.29, 1.82) is 5.26 Å². The van der Waals surface area contributed by atoms with E-state index in [1.54, 1.807) is 6.92 Å². The third kappa shape index (κ3) is 4.12. The van der Waals surface area contributed by atoms with Crippen LogP contribution in [0.1, 0.15) is 46.4 Å². The summed E-state index contributed by atoms with van der Waals surface area (Å²) in [6, 6.07) is 5.63. The molecule has 1 unspecified atom stereocenters. The van der Waals surface area contributed by atoms with Crippen molar-refractivity contribution in [1.82, 2.24) is 10.3 Å². The maximum atomic E-state index is 14.2. The van der Waals surface area contributed by atoms with Crippen molar-refractivity contribution in [3.05, 3.63) is 61.8 Å². The van der Waals surface area contributed by atoms with E-state index in [1.165, 1.54) is 12.3 Å². The van der Waals surface area contributed by atoms with Crippen LogP contribution < -0.4 is 5.32 Å². The molecule has 12 heteroatoms. The molecule has 1 saturated carbocycles. The number of hydrogen-bond acceptors (Lipinski definition) is 5. The van der Waals surface area contributed by atoms with Gasteiger partial charge in [-0.3, -0.25) is 9.78 Å². The number of alkyl halides is 3. The molecule has 1 aromatic heterocycles. The first-order valence-corrected chi connectivity index (χ1v) is 10.7. The Kier molecular flexibility index (Phi) is 5.76. The fourth-order valence-corrected chi connectivity index (χ4v) is 4.08. The molecule has 0 saturated heterocycles. The minimum absolute atomic E-state index is 0.0206. The first kappa shape index (κ1) is 23.6. The van der Waals surface area contributed by atoms with Gasteiger partial charge in [0.15, 0.2) is 0 Å². The molecule has 1 N–H and O–H groups in total. The van der Waals surface area contributed by atoms with Crippen LogP contribution in [0, 0.1) is 18.3 Å². The van der Waals surface area contributed by atoms with Crippen molar-refractivity contribution < 1.29 is 22.8 Å². The van der Waals surface area contributed by atoms with Crippen molar-refractivity contribution in [2.75, 3.05) is 0 Å². The van der Waals surface area contributed by atoms with Gasteiger partial charge in [-0.1, -0.05) is 40.0 Å². The predicted octanol–water partition coefficient (Wildman–Crippen LogP) is 5.72. The molecule has 1 atom stereocenters. The fourth-order valence-electron chi connectivity index (χ4n) is 3.48. The Morgan fingerprint density at radius 1 is 1.21 bits per heavy atom. The van der Waals surface area contributed by atoms with Gasteiger partial charge in [0.05, 0.1) is 33.3 Å². The first-order valence-electron chi connectivity index (χ1n) is 9.59. The number of hydrogen-bond donors (Lipinski definition) is 1. The van der Waals surface area contributed by atoms with Gasteiger partial charge in [0.1, 0.15) is 11.2 Å². The number of nitrogens with zero attached hydrogens (tertiary/aromatic N) is 3. The fraction of sp³-hybridized carbons (Fsp3) is 0.333. The Balaban J connectivity index is 1.63. The van der Waals surface area contributed by atoms with Crippen LogP contribution >= 0.6 is 34.8 Å². The zero-order chi connectivity index (χ0) is 24.2. The number of aromatic nitrogens is 1. The van der Waals surface area contributed by atoms with Crippen LogP contribution in [0.4, 0.5) is 13.2 Å². The lowest BCUT2D eigenvalue weighted by atomic mass is 9.86. The monoisotopic (exact) mass is 516 g/mol. The van der Waals surface area contributed by atoms with Crippen LogP contribution in [0.3, 0.4) is 0 Å². The first-order chi connectivity index (χ1) is 15.4. The lowest BCUT2D eigenvalue weighted by molar-refractivity contribution is -0.275. The lowest BCUT2D eigenvalue weighted by Gasteiger charge is -2.30. The molecule has 0 radical (unpaired) electrons. The molecule has 6 nitrogen and oxygen atoms in total. The molecule has 0 spiro atoms. The molecule has 2 aliphatic rings. The Morgan fingerprint density at radius 3 is 2.36 bits per heavy atom. The predicted molar refractivity (Wildman–Crippen MR) is 115 cm³/mol. The number of nitrogens with one attached hydrogen (secondary N) is 1. The smallest absolute Gasteiger partial charge is 0.374 e. The third-order valence-corrected chi connectivity index (χ3v) is 6.78. The average molecular weight is 518 g/mol. The van der Waals surface area contributed by atoms with Crippen molar-refractivity contribution in [3.63, 3.8) is 0 Å². The summed E-state index contributed by atoms with van der Waals surface area (Å²) in [5, 5.41) is 15.1. The molecule has 1 aliphatic carbocycles. The molecule has 1 aliphatic heterocycles. The van der Waals surface area contributed by atoms with Crippen molar-refractivity contribution >= 4 is 46.4 Å². The Labute approximate surface area is 201 Å². The number of halogens is 6. The summed E-state index contributed by atoms with van der Waals surface area (Å²) in [7, 11) is 0. The molecular weight excluding hydrogens is 504 g/mol. The van der Waals surface area contributed by atoms with Crippen LogP contribution in [-0.4, -0.2) is 28.3 Å². The molecule has 172 valence electrons. The van der Waals surface area contributed by atoms with Crippen molar-refractivity contribution in [2.24, 2.45) is 5.16 Å². The van der Waals surface area contributed by atoms with E-state index < -0.39 is 29.6 Å². The highest BCUT2D eigenvalue weighted by atomic mass is 35.5. The number of aryl methyl sites for hydroxylation is 1. The third-order valence-electron chi connectivity index (χ3n) is 5.58. The molecule has 2 heterocycles. The second kappa shape index (κ2) is 8.05.